The summed E-state index contributed by atoms with van der Waals surface area (Å²) >= 11 is 0. The third-order valence-corrected chi connectivity index (χ3v) is 5.97. The van der Waals surface area contributed by atoms with Crippen LogP contribution in [0.3, 0.4) is 0 Å². The van der Waals surface area contributed by atoms with E-state index < -0.39 is 0 Å². The molecule has 1 saturated heterocycles. The third kappa shape index (κ3) is 4.70. The Morgan fingerprint density at radius 3 is 2.50 bits per heavy atom. The van der Waals surface area contributed by atoms with Gasteiger partial charge in [-0.15, -0.1) is 0 Å². The van der Waals surface area contributed by atoms with Crippen LogP contribution in [0.4, 0.5) is 0 Å². The van der Waals surface area contributed by atoms with E-state index >= 15 is 0 Å². The maximum atomic E-state index is 9.56. The smallest absolute Gasteiger partial charge is 0.161 e. The molecular weight excluding hydrogens is 328 g/mol. The number of hydrogen-bond donors (Lipinski definition) is 1. The Bertz CT molecular complexity index is 560. The molecule has 0 amide bonds. The molecule has 5 heteroatoms. The first-order valence-electron chi connectivity index (χ1n) is 10.0. The molecule has 3 rings (SSSR count). The molecule has 1 aromatic carbocycles. The number of benzene rings is 1. The minimum Gasteiger partial charge on any atom is -0.493 e. The Morgan fingerprint density at radius 1 is 1.04 bits per heavy atom. The Morgan fingerprint density at radius 2 is 1.81 bits per heavy atom. The minimum absolute atomic E-state index is 0.276. The number of aliphatic hydroxyl groups excluding tert-OH is 1. The lowest BCUT2D eigenvalue weighted by molar-refractivity contribution is 0.0136. The number of nitrogens with zero attached hydrogens (tertiary/aromatic N) is 2. The summed E-state index contributed by atoms with van der Waals surface area (Å²) in [5, 5.41) is 9.56. The highest BCUT2D eigenvalue weighted by Gasteiger charge is 2.32. The lowest BCUT2D eigenvalue weighted by Crippen LogP contribution is -2.56. The van der Waals surface area contributed by atoms with E-state index in [0.29, 0.717) is 6.04 Å². The lowest BCUT2D eigenvalue weighted by Gasteiger charge is -2.46. The fourth-order valence-corrected chi connectivity index (χ4v) is 4.61. The normalized spacial score (nSPS) is 23.1. The van der Waals surface area contributed by atoms with E-state index in [9.17, 15) is 5.11 Å². The standard InChI is InChI=1S/C21H34N2O3/c1-25-20-9-8-17(14-21(20)26-2)15-22-11-12-23(19(16-22)10-13-24)18-6-4-3-5-7-18/h8-9,14,18-19,24H,3-7,10-13,15-16H2,1-2H3. The van der Waals surface area contributed by atoms with Gasteiger partial charge >= 0.3 is 0 Å². The van der Waals surface area contributed by atoms with Crippen LogP contribution in [-0.4, -0.2) is 67.5 Å². The Hall–Kier alpha value is -1.30. The van der Waals surface area contributed by atoms with Crippen molar-refractivity contribution in [3.05, 3.63) is 23.8 Å². The van der Waals surface area contributed by atoms with E-state index in [0.717, 1.165) is 50.1 Å². The topological polar surface area (TPSA) is 45.2 Å². The number of methoxy groups -OCH3 is 2. The summed E-state index contributed by atoms with van der Waals surface area (Å²) in [7, 11) is 3.35. The van der Waals surface area contributed by atoms with Crippen molar-refractivity contribution in [1.82, 2.24) is 9.80 Å². The molecule has 5 nitrogen and oxygen atoms in total. The highest BCUT2D eigenvalue weighted by atomic mass is 16.5. The number of rotatable bonds is 7. The predicted octanol–water partition coefficient (Wildman–Crippen LogP) is 2.91. The molecule has 1 aliphatic carbocycles. The van der Waals surface area contributed by atoms with Gasteiger partial charge in [-0.1, -0.05) is 25.3 Å². The second-order valence-corrected chi connectivity index (χ2v) is 7.62. The summed E-state index contributed by atoms with van der Waals surface area (Å²) < 4.78 is 10.8. The maximum Gasteiger partial charge on any atom is 0.161 e. The largest absolute Gasteiger partial charge is 0.493 e. The average molecular weight is 363 g/mol. The molecule has 146 valence electrons. The fourth-order valence-electron chi connectivity index (χ4n) is 4.61. The van der Waals surface area contributed by atoms with E-state index in [2.05, 4.69) is 21.9 Å². The van der Waals surface area contributed by atoms with E-state index in [4.69, 9.17) is 9.47 Å². The van der Waals surface area contributed by atoms with Gasteiger partial charge in [0.2, 0.25) is 0 Å². The van der Waals surface area contributed by atoms with Crippen LogP contribution in [0.2, 0.25) is 0 Å². The van der Waals surface area contributed by atoms with Crippen LogP contribution in [0, 0.1) is 0 Å². The van der Waals surface area contributed by atoms with E-state index in [1.165, 1.54) is 37.7 Å². The van der Waals surface area contributed by atoms with Crippen molar-refractivity contribution < 1.29 is 14.6 Å². The van der Waals surface area contributed by atoms with Crippen LogP contribution in [0.5, 0.6) is 11.5 Å². The zero-order valence-electron chi connectivity index (χ0n) is 16.3. The van der Waals surface area contributed by atoms with Gasteiger partial charge in [0.15, 0.2) is 11.5 Å². The van der Waals surface area contributed by atoms with E-state index in [1.54, 1.807) is 14.2 Å². The molecule has 0 radical (unpaired) electrons. The molecule has 2 aliphatic rings. The van der Waals surface area contributed by atoms with Crippen molar-refractivity contribution in [1.29, 1.82) is 0 Å². The maximum absolute atomic E-state index is 9.56. The Labute approximate surface area is 157 Å². The van der Waals surface area contributed by atoms with Gasteiger partial charge in [0.05, 0.1) is 14.2 Å². The molecule has 1 atom stereocenters. The van der Waals surface area contributed by atoms with Gasteiger partial charge in [-0.25, -0.2) is 0 Å². The summed E-state index contributed by atoms with van der Waals surface area (Å²) in [5.74, 6) is 1.56. The quantitative estimate of drug-likeness (QED) is 0.808. The van der Waals surface area contributed by atoms with Crippen LogP contribution in [0.15, 0.2) is 18.2 Å². The Kier molecular flexibility index (Phi) is 7.17. The van der Waals surface area contributed by atoms with Gasteiger partial charge in [-0.05, 0) is 37.0 Å². The van der Waals surface area contributed by atoms with Gasteiger partial charge in [-0.3, -0.25) is 9.80 Å². The van der Waals surface area contributed by atoms with Gasteiger partial charge in [0.1, 0.15) is 0 Å². The number of ether oxygens (including phenoxy) is 2. The summed E-state index contributed by atoms with van der Waals surface area (Å²) in [4.78, 5) is 5.21. The molecule has 26 heavy (non-hydrogen) atoms. The Balaban J connectivity index is 1.63. The second kappa shape index (κ2) is 9.58. The molecule has 1 aromatic rings. The van der Waals surface area contributed by atoms with Crippen LogP contribution in [0.25, 0.3) is 0 Å². The number of aliphatic hydroxyl groups is 1. The molecule has 0 aromatic heterocycles. The number of hydrogen-bond acceptors (Lipinski definition) is 5. The molecule has 0 bridgehead atoms. The molecular formula is C21H34N2O3. The van der Waals surface area contributed by atoms with Gasteiger partial charge in [-0.2, -0.15) is 0 Å². The summed E-state index contributed by atoms with van der Waals surface area (Å²) in [5.41, 5.74) is 1.25. The predicted molar refractivity (Wildman–Crippen MR) is 104 cm³/mol. The average Bonchev–Trinajstić information content (AvgIpc) is 2.69. The molecule has 1 unspecified atom stereocenters. The zero-order valence-corrected chi connectivity index (χ0v) is 16.3. The summed E-state index contributed by atoms with van der Waals surface area (Å²) in [6, 6.07) is 7.38. The van der Waals surface area contributed by atoms with Crippen molar-refractivity contribution in [3.63, 3.8) is 0 Å². The van der Waals surface area contributed by atoms with Crippen molar-refractivity contribution in [2.45, 2.75) is 57.2 Å². The van der Waals surface area contributed by atoms with Crippen LogP contribution in [-0.2, 0) is 6.54 Å². The fraction of sp³-hybridized carbons (Fsp3) is 0.714. The first-order valence-corrected chi connectivity index (χ1v) is 10.0. The van der Waals surface area contributed by atoms with Crippen molar-refractivity contribution in [2.24, 2.45) is 0 Å². The minimum atomic E-state index is 0.276. The molecule has 0 spiro atoms. The van der Waals surface area contributed by atoms with Crippen molar-refractivity contribution in [2.75, 3.05) is 40.5 Å². The van der Waals surface area contributed by atoms with E-state index in [-0.39, 0.29) is 6.61 Å². The van der Waals surface area contributed by atoms with Gasteiger partial charge < -0.3 is 14.6 Å². The molecule has 1 heterocycles. The monoisotopic (exact) mass is 362 g/mol. The van der Waals surface area contributed by atoms with Crippen LogP contribution < -0.4 is 9.47 Å². The SMILES string of the molecule is COc1ccc(CN2CCN(C3CCCCC3)C(CCO)C2)cc1OC. The van der Waals surface area contributed by atoms with Crippen LogP contribution in [0.1, 0.15) is 44.1 Å². The highest BCUT2D eigenvalue weighted by molar-refractivity contribution is 5.42. The second-order valence-electron chi connectivity index (χ2n) is 7.62. The summed E-state index contributed by atoms with van der Waals surface area (Å²) in [6.45, 7) is 4.43. The molecule has 1 saturated carbocycles. The molecule has 2 fully saturated rings. The zero-order chi connectivity index (χ0) is 18.4. The van der Waals surface area contributed by atoms with Crippen LogP contribution >= 0.6 is 0 Å². The first kappa shape index (κ1) is 19.5. The van der Waals surface area contributed by atoms with Gasteiger partial charge in [0.25, 0.3) is 0 Å². The van der Waals surface area contributed by atoms with Crippen molar-refractivity contribution >= 4 is 0 Å². The highest BCUT2D eigenvalue weighted by Crippen LogP contribution is 2.30. The lowest BCUT2D eigenvalue weighted by atomic mass is 9.91. The summed E-state index contributed by atoms with van der Waals surface area (Å²) in [6.07, 6.45) is 7.65. The van der Waals surface area contributed by atoms with Gasteiger partial charge in [0, 0.05) is 44.9 Å². The third-order valence-electron chi connectivity index (χ3n) is 5.97. The van der Waals surface area contributed by atoms with E-state index in [1.807, 2.05) is 6.07 Å². The van der Waals surface area contributed by atoms with Crippen molar-refractivity contribution in [3.8, 4) is 11.5 Å². The molecule has 1 aliphatic heterocycles. The molecule has 1 N–H and O–H groups in total. The number of piperazine rings is 1. The first-order chi connectivity index (χ1) is 12.7.